The van der Waals surface area contributed by atoms with Gasteiger partial charge in [0.25, 0.3) is 0 Å². The number of phosphoric acid groups is 1. The summed E-state index contributed by atoms with van der Waals surface area (Å²) in [5.41, 5.74) is 40.6. The number of unbranched alkanes of at least 4 members (excludes halogenated alkanes) is 2. The number of ketones is 6. The summed E-state index contributed by atoms with van der Waals surface area (Å²) in [5.74, 6) is -17.3. The molecule has 14 atom stereocenters. The maximum Gasteiger partial charge on any atom is 0.469 e. The van der Waals surface area contributed by atoms with Gasteiger partial charge in [0.2, 0.25) is 41.4 Å². The quantitative estimate of drug-likeness (QED) is 0.0156. The summed E-state index contributed by atoms with van der Waals surface area (Å²) in [5, 5.41) is 36.8. The molecule has 0 bridgehead atoms. The number of aromatic hydroxyl groups is 1. The average Bonchev–Trinajstić information content (AvgIpc) is 1.52. The summed E-state index contributed by atoms with van der Waals surface area (Å²) >= 11 is 0. The Bertz CT molecular complexity index is 3630. The molecule has 1 saturated heterocycles. The monoisotopic (exact) mass is 1660 g/mol. The number of rotatable bonds is 60. The second-order valence-electron chi connectivity index (χ2n) is 29.7. The van der Waals surface area contributed by atoms with Crippen LogP contribution in [0.2, 0.25) is 0 Å². The summed E-state index contributed by atoms with van der Waals surface area (Å²) in [6.45, 7) is 5.59. The van der Waals surface area contributed by atoms with Gasteiger partial charge in [0.1, 0.15) is 35.4 Å². The predicted molar refractivity (Wildman–Crippen MR) is 429 cm³/mol. The van der Waals surface area contributed by atoms with Gasteiger partial charge in [-0.15, -0.1) is 0 Å². The van der Waals surface area contributed by atoms with E-state index in [1.165, 1.54) is 55.0 Å². The molecule has 2 aromatic rings. The molecular weight excluding hydrogens is 1540 g/mol. The lowest BCUT2D eigenvalue weighted by Crippen LogP contribution is -2.53. The largest absolute Gasteiger partial charge is 0.508 e. The van der Waals surface area contributed by atoms with Crippen molar-refractivity contribution in [2.45, 2.75) is 218 Å². The number of phosphoric ester groups is 1. The smallest absolute Gasteiger partial charge is 0.469 e. The van der Waals surface area contributed by atoms with E-state index in [0.717, 1.165) is 0 Å². The number of hydrogen-bond donors (Lipinski definition) is 18. The topological polar surface area (TPSA) is 657 Å². The SMILES string of the molecule is CC[C@H](C)[C@H](NC(=O)[C@H](N)CCCN=C(N)N)C(=O)C[C@@H](Cc1cnc[nH]1)C(=O)C[C@@H](CCS(C)=O)C(=O)C[C@H](C(=O)N[C@@H](Cc1ccc(O)cc1)C(=O)C[C@@H](CO)C(=O)N[C@@H](CCCCN)C(=O)C[C@@H](CCCN=C(N)N)C(=O)N[C@@H](COP(=O)(O)O)C(=O)CCC(=O)N[C@@H](CCCCN)C(=O)N1CCC[C@H]1C(=O)NC)C(C)C. The molecule has 38 nitrogen and oxygen atoms in total. The number of phenols is 1. The van der Waals surface area contributed by atoms with Gasteiger partial charge >= 0.3 is 7.82 Å². The fourth-order valence-electron chi connectivity index (χ4n) is 13.3. The Morgan fingerprint density at radius 2 is 1.22 bits per heavy atom. The van der Waals surface area contributed by atoms with Crippen molar-refractivity contribution in [1.82, 2.24) is 46.8 Å². The zero-order chi connectivity index (χ0) is 86.1. The lowest BCUT2D eigenvalue weighted by Gasteiger charge is -2.28. The van der Waals surface area contributed by atoms with Crippen LogP contribution in [0.3, 0.4) is 0 Å². The third-order valence-corrected chi connectivity index (χ3v) is 21.6. The fraction of sp³-hybridized carbons (Fsp3) is 0.680. The van der Waals surface area contributed by atoms with Crippen LogP contribution < -0.4 is 72.0 Å². The van der Waals surface area contributed by atoms with E-state index in [4.69, 9.17) is 40.1 Å². The van der Waals surface area contributed by atoms with Crippen molar-refractivity contribution >= 4 is 107 Å². The van der Waals surface area contributed by atoms with Gasteiger partial charge in [-0.2, -0.15) is 0 Å². The van der Waals surface area contributed by atoms with Crippen LogP contribution in [-0.4, -0.2) is 234 Å². The van der Waals surface area contributed by atoms with E-state index in [9.17, 15) is 91.1 Å². The highest BCUT2D eigenvalue weighted by molar-refractivity contribution is 7.84. The number of hydrogen-bond acceptors (Lipinski definition) is 24. The average molecular weight is 1660 g/mol. The predicted octanol–water partition coefficient (Wildman–Crippen LogP) is -1.45. The number of nitrogens with zero attached hydrogens (tertiary/aromatic N) is 4. The molecule has 3 rings (SSSR count). The number of guanidine groups is 2. The summed E-state index contributed by atoms with van der Waals surface area (Å²) in [6.07, 6.45) is 3.14. The fourth-order valence-corrected chi connectivity index (χ4v) is 14.2. The number of nitrogens with one attached hydrogen (secondary N) is 7. The van der Waals surface area contributed by atoms with E-state index in [0.29, 0.717) is 56.2 Å². The number of aliphatic hydroxyl groups excluding tert-OH is 1. The van der Waals surface area contributed by atoms with Crippen LogP contribution in [0.25, 0.3) is 0 Å². The number of phenolic OH excluding ortho intramolecular Hbond substituents is 1. The summed E-state index contributed by atoms with van der Waals surface area (Å²) in [4.78, 5) is 220. The third-order valence-electron chi connectivity index (χ3n) is 20.3. The Labute approximate surface area is 674 Å². The molecule has 0 saturated carbocycles. The summed E-state index contributed by atoms with van der Waals surface area (Å²) in [7, 11) is -5.39. The summed E-state index contributed by atoms with van der Waals surface area (Å²) < 4.78 is 29.4. The molecule has 1 unspecified atom stereocenters. The van der Waals surface area contributed by atoms with Gasteiger partial charge in [0.05, 0.1) is 49.6 Å². The molecule has 0 radical (unpaired) electrons. The maximum absolute atomic E-state index is 14.8. The molecule has 40 heteroatoms. The van der Waals surface area contributed by atoms with Gasteiger partial charge in [-0.1, -0.05) is 46.2 Å². The first kappa shape index (κ1) is 100. The van der Waals surface area contributed by atoms with E-state index in [-0.39, 0.29) is 120 Å². The number of Topliss-reactive ketones (excluding diaryl/α,β-unsaturated/α-hetero) is 6. The van der Waals surface area contributed by atoms with Gasteiger partial charge in [-0.05, 0) is 139 Å². The molecule has 115 heavy (non-hydrogen) atoms. The highest BCUT2D eigenvalue weighted by Gasteiger charge is 2.41. The van der Waals surface area contributed by atoms with Crippen molar-refractivity contribution in [3.8, 4) is 5.75 Å². The van der Waals surface area contributed by atoms with E-state index in [1.807, 2.05) is 6.92 Å². The number of imidazole rings is 1. The van der Waals surface area contributed by atoms with Crippen molar-refractivity contribution in [2.75, 3.05) is 65.0 Å². The number of carbonyl (C=O) groups is 13. The minimum atomic E-state index is -5.34. The molecule has 25 N–H and O–H groups in total. The standard InChI is InChI=1S/C75H125N18O20PS/c1-7-45(4)67(92-71(106)54(78)16-13-30-86-75(81)82)65(101)37-49(34-51-40-84-43-87-51)61(97)35-47(26-32-115(6)112)62(98)39-53(44(2)3)70(105)90-57(33-46-20-22-52(95)23-21-46)64(100)38-50(41-94)69(104)89-55(17-8-10-27-76)63(99)36-48(15-12-29-85-74(79)80)68(103)91-58(42-113-114(109,110)111)60(96)24-25-66(102)88-56(18-9-11-28-77)73(108)93-31-14-19-59(93)72(107)83-5/h20-23,40,43-45,47-50,53-59,67,94-95H,7-19,24-39,41-42,76-78H2,1-6H3,(H,83,107)(H,84,87)(H,88,102)(H,89,104)(H,90,105)(H,91,103)(H,92,106)(H4,79,80,85)(H4,81,82,86)(H2,109,110,111)/t45-,47+,48+,49+,50-,53-,54+,55-,56-,57-,58-,59-,67-,115?/m0/s1. The molecule has 1 aliphatic rings. The van der Waals surface area contributed by atoms with Crippen LogP contribution in [0.4, 0.5) is 0 Å². The molecule has 7 amide bonds. The second kappa shape index (κ2) is 52.7. The van der Waals surface area contributed by atoms with E-state index < -0.39 is 230 Å². The zero-order valence-electron chi connectivity index (χ0n) is 67.0. The first-order chi connectivity index (χ1) is 54.4. The Balaban J connectivity index is 1.96. The number of aromatic nitrogens is 2. The lowest BCUT2D eigenvalue weighted by molar-refractivity contribution is -0.141. The number of benzene rings is 1. The van der Waals surface area contributed by atoms with Crippen LogP contribution >= 0.6 is 7.82 Å². The van der Waals surface area contributed by atoms with Crippen molar-refractivity contribution in [2.24, 2.45) is 91.5 Å². The van der Waals surface area contributed by atoms with Crippen molar-refractivity contribution < 1.29 is 95.6 Å². The second-order valence-corrected chi connectivity index (χ2v) is 32.5. The summed E-state index contributed by atoms with van der Waals surface area (Å²) in [6, 6.07) is -3.17. The number of aromatic amines is 1. The number of likely N-dealkylation sites (N-methyl/N-ethyl adjacent to an activating group) is 1. The zero-order valence-corrected chi connectivity index (χ0v) is 68.7. The normalized spacial score (nSPS) is 16.3. The highest BCUT2D eigenvalue weighted by Crippen LogP contribution is 2.36. The number of aliphatic hydroxyl groups is 1. The first-order valence-electron chi connectivity index (χ1n) is 39.2. The molecular formula is C75H125N18O20PS. The number of amides is 7. The van der Waals surface area contributed by atoms with Crippen LogP contribution in [0.5, 0.6) is 5.75 Å². The molecule has 1 aliphatic heterocycles. The lowest BCUT2D eigenvalue weighted by atomic mass is 9.80. The van der Waals surface area contributed by atoms with Gasteiger partial charge in [0.15, 0.2) is 35.1 Å². The Morgan fingerprint density at radius 1 is 0.652 bits per heavy atom. The van der Waals surface area contributed by atoms with Gasteiger partial charge in [-0.25, -0.2) is 9.55 Å². The number of likely N-dealkylation sites (tertiary alicyclic amines) is 1. The minimum absolute atomic E-state index is 0.0254. The van der Waals surface area contributed by atoms with Crippen molar-refractivity contribution in [3.05, 3.63) is 48.0 Å². The molecule has 1 aromatic heterocycles. The van der Waals surface area contributed by atoms with Crippen LogP contribution in [-0.2, 0) is 95.1 Å². The maximum atomic E-state index is 14.8. The van der Waals surface area contributed by atoms with E-state index >= 15 is 0 Å². The molecule has 0 aliphatic carbocycles. The molecule has 2 heterocycles. The highest BCUT2D eigenvalue weighted by atomic mass is 32.2. The van der Waals surface area contributed by atoms with Crippen LogP contribution in [0.15, 0.2) is 46.8 Å². The molecule has 1 fully saturated rings. The Hall–Kier alpha value is -8.82. The van der Waals surface area contributed by atoms with Crippen molar-refractivity contribution in [1.29, 1.82) is 0 Å². The molecule has 0 spiro atoms. The number of H-pyrrole nitrogens is 1. The first-order valence-corrected chi connectivity index (χ1v) is 42.4. The number of carbonyl (C=O) groups excluding carboxylic acids is 13. The van der Waals surface area contributed by atoms with Crippen LogP contribution in [0, 0.1) is 41.4 Å². The van der Waals surface area contributed by atoms with E-state index in [1.54, 1.807) is 20.8 Å². The Kier molecular flexibility index (Phi) is 46.0. The Morgan fingerprint density at radius 3 is 1.78 bits per heavy atom. The van der Waals surface area contributed by atoms with Crippen molar-refractivity contribution in [3.63, 3.8) is 0 Å². The number of nitrogens with two attached hydrogens (primary N) is 7. The molecule has 1 aromatic carbocycles. The van der Waals surface area contributed by atoms with Gasteiger partial charge < -0.3 is 102 Å². The molecule has 646 valence electrons. The number of aliphatic imine (C=N–C) groups is 2. The van der Waals surface area contributed by atoms with E-state index in [2.05, 4.69) is 56.4 Å². The van der Waals surface area contributed by atoms with Gasteiger partial charge in [0, 0.05) is 130 Å². The van der Waals surface area contributed by atoms with Crippen LogP contribution in [0.1, 0.15) is 174 Å². The van der Waals surface area contributed by atoms with Gasteiger partial charge in [-0.3, -0.25) is 81.0 Å². The third kappa shape index (κ3) is 37.8. The minimum Gasteiger partial charge on any atom is -0.508 e.